The Balaban J connectivity index is 2.03. The van der Waals surface area contributed by atoms with Gasteiger partial charge in [0.2, 0.25) is 0 Å². The van der Waals surface area contributed by atoms with E-state index in [1.54, 1.807) is 23.5 Å². The number of aryl methyl sites for hydroxylation is 1. The Kier molecular flexibility index (Phi) is 3.18. The largest absolute Gasteiger partial charge is 0.508 e. The molecule has 3 heterocycles. The minimum Gasteiger partial charge on any atom is -0.508 e. The van der Waals surface area contributed by atoms with Crippen molar-refractivity contribution in [2.75, 3.05) is 0 Å². The lowest BCUT2D eigenvalue weighted by atomic mass is 9.98. The minimum atomic E-state index is 0.252. The maximum atomic E-state index is 9.95. The number of phenolic OH excluding ortho intramolecular Hbond substituents is 1. The van der Waals surface area contributed by atoms with Gasteiger partial charge in [0.1, 0.15) is 11.4 Å². The van der Waals surface area contributed by atoms with Crippen molar-refractivity contribution in [2.45, 2.75) is 6.92 Å². The van der Waals surface area contributed by atoms with Gasteiger partial charge in [0.25, 0.3) is 0 Å². The molecule has 0 aliphatic heterocycles. The number of pyridine rings is 1. The van der Waals surface area contributed by atoms with Crippen molar-refractivity contribution in [3.8, 4) is 17.0 Å². The quantitative estimate of drug-likeness (QED) is 0.419. The van der Waals surface area contributed by atoms with Crippen LogP contribution in [0.2, 0.25) is 0 Å². The van der Waals surface area contributed by atoms with E-state index in [1.165, 1.54) is 15.6 Å². The van der Waals surface area contributed by atoms with Crippen LogP contribution in [0.4, 0.5) is 0 Å². The molecule has 26 heavy (non-hydrogen) atoms. The van der Waals surface area contributed by atoms with Crippen LogP contribution in [0.25, 0.3) is 43.8 Å². The van der Waals surface area contributed by atoms with E-state index >= 15 is 0 Å². The first-order valence-corrected chi connectivity index (χ1v) is 9.23. The SMILES string of the molecule is C=Cc1sc2ccccc2c1-c1c(C)c2ccc(O)cc2c2nccn12. The third-order valence-corrected chi connectivity index (χ3v) is 6.10. The highest BCUT2D eigenvalue weighted by atomic mass is 32.1. The van der Waals surface area contributed by atoms with E-state index in [9.17, 15) is 5.11 Å². The first-order valence-electron chi connectivity index (χ1n) is 8.41. The summed E-state index contributed by atoms with van der Waals surface area (Å²) >= 11 is 1.75. The van der Waals surface area contributed by atoms with Crippen LogP contribution < -0.4 is 0 Å². The molecule has 0 bridgehead atoms. The van der Waals surface area contributed by atoms with Crippen LogP contribution in [0, 0.1) is 6.92 Å². The van der Waals surface area contributed by atoms with Gasteiger partial charge in [-0.05, 0) is 36.1 Å². The average Bonchev–Trinajstić information content (AvgIpc) is 3.27. The molecule has 0 unspecified atom stereocenters. The number of hydrogen-bond acceptors (Lipinski definition) is 3. The van der Waals surface area contributed by atoms with E-state index in [2.05, 4.69) is 47.2 Å². The fourth-order valence-electron chi connectivity index (χ4n) is 3.80. The normalized spacial score (nSPS) is 11.6. The molecule has 0 saturated carbocycles. The maximum Gasteiger partial charge on any atom is 0.145 e. The number of benzene rings is 2. The number of thiophene rings is 1. The molecule has 0 saturated heterocycles. The molecule has 4 heteroatoms. The molecule has 3 aromatic heterocycles. The second-order valence-corrected chi connectivity index (χ2v) is 7.45. The van der Waals surface area contributed by atoms with Crippen molar-refractivity contribution < 1.29 is 5.11 Å². The summed E-state index contributed by atoms with van der Waals surface area (Å²) < 4.78 is 3.37. The number of fused-ring (bicyclic) bond motifs is 4. The highest BCUT2D eigenvalue weighted by molar-refractivity contribution is 7.20. The van der Waals surface area contributed by atoms with Crippen LogP contribution >= 0.6 is 11.3 Å². The van der Waals surface area contributed by atoms with Crippen LogP contribution in [0.3, 0.4) is 0 Å². The molecule has 0 aliphatic rings. The molecule has 0 aliphatic carbocycles. The number of aromatic nitrogens is 2. The molecule has 5 aromatic rings. The summed E-state index contributed by atoms with van der Waals surface area (Å²) in [6.07, 6.45) is 5.73. The number of phenols is 1. The number of rotatable bonds is 2. The number of hydrogen-bond donors (Lipinski definition) is 1. The Morgan fingerprint density at radius 2 is 1.96 bits per heavy atom. The monoisotopic (exact) mass is 356 g/mol. The Morgan fingerprint density at radius 3 is 2.81 bits per heavy atom. The Labute approximate surface area is 154 Å². The number of aromatic hydroxyl groups is 1. The van der Waals surface area contributed by atoms with Crippen molar-refractivity contribution >= 4 is 43.9 Å². The Hall–Kier alpha value is -3.11. The van der Waals surface area contributed by atoms with E-state index in [0.29, 0.717) is 0 Å². The zero-order valence-electron chi connectivity index (χ0n) is 14.2. The third kappa shape index (κ3) is 1.96. The molecule has 3 nitrogen and oxygen atoms in total. The summed E-state index contributed by atoms with van der Waals surface area (Å²) in [4.78, 5) is 5.72. The maximum absolute atomic E-state index is 9.95. The first-order chi connectivity index (χ1) is 12.7. The first kappa shape index (κ1) is 15.2. The van der Waals surface area contributed by atoms with E-state index in [-0.39, 0.29) is 5.75 Å². The van der Waals surface area contributed by atoms with Crippen LogP contribution in [-0.4, -0.2) is 14.5 Å². The molecule has 0 radical (unpaired) electrons. The van der Waals surface area contributed by atoms with Gasteiger partial charge in [0.15, 0.2) is 0 Å². The molecule has 0 atom stereocenters. The van der Waals surface area contributed by atoms with Crippen molar-refractivity contribution in [1.29, 1.82) is 0 Å². The van der Waals surface area contributed by atoms with Gasteiger partial charge in [-0.3, -0.25) is 4.40 Å². The van der Waals surface area contributed by atoms with Gasteiger partial charge >= 0.3 is 0 Å². The van der Waals surface area contributed by atoms with E-state index in [0.717, 1.165) is 32.6 Å². The molecule has 0 fully saturated rings. The standard InChI is InChI=1S/C22H16N2OS/c1-3-18-20(16-6-4-5-7-19(16)26-18)21-13(2)15-9-8-14(25)12-17(15)22-23-10-11-24(21)22/h3-12,25H,1H2,2H3. The molecule has 2 aromatic carbocycles. The molecule has 5 rings (SSSR count). The van der Waals surface area contributed by atoms with Gasteiger partial charge in [0.05, 0.1) is 5.69 Å². The fourth-order valence-corrected chi connectivity index (χ4v) is 4.85. The number of nitrogens with zero attached hydrogens (tertiary/aromatic N) is 2. The zero-order chi connectivity index (χ0) is 17.8. The lowest BCUT2D eigenvalue weighted by Crippen LogP contribution is -1.97. The van der Waals surface area contributed by atoms with Gasteiger partial charge in [-0.15, -0.1) is 11.3 Å². The summed E-state index contributed by atoms with van der Waals surface area (Å²) in [5, 5.41) is 13.2. The van der Waals surface area contributed by atoms with Crippen LogP contribution in [0.5, 0.6) is 5.75 Å². The van der Waals surface area contributed by atoms with Crippen LogP contribution in [-0.2, 0) is 0 Å². The van der Waals surface area contributed by atoms with E-state index in [1.807, 2.05) is 24.5 Å². The highest BCUT2D eigenvalue weighted by Crippen LogP contribution is 2.43. The van der Waals surface area contributed by atoms with Crippen molar-refractivity contribution in [2.24, 2.45) is 0 Å². The van der Waals surface area contributed by atoms with Crippen molar-refractivity contribution in [3.05, 3.63) is 71.9 Å². The van der Waals surface area contributed by atoms with Gasteiger partial charge in [0, 0.05) is 38.3 Å². The molecule has 0 amide bonds. The second kappa shape index (κ2) is 5.44. The van der Waals surface area contributed by atoms with Gasteiger partial charge in [-0.1, -0.05) is 36.9 Å². The van der Waals surface area contributed by atoms with E-state index < -0.39 is 0 Å². The summed E-state index contributed by atoms with van der Waals surface area (Å²) in [5.41, 5.74) is 4.33. The lowest BCUT2D eigenvalue weighted by Gasteiger charge is -2.14. The molecular weight excluding hydrogens is 340 g/mol. The summed E-state index contributed by atoms with van der Waals surface area (Å²) in [5.74, 6) is 0.252. The van der Waals surface area contributed by atoms with Gasteiger partial charge < -0.3 is 5.11 Å². The smallest absolute Gasteiger partial charge is 0.145 e. The van der Waals surface area contributed by atoms with E-state index in [4.69, 9.17) is 0 Å². The highest BCUT2D eigenvalue weighted by Gasteiger charge is 2.20. The fraction of sp³-hybridized carbons (Fsp3) is 0.0455. The molecular formula is C22H16N2OS. The second-order valence-electron chi connectivity index (χ2n) is 6.37. The predicted molar refractivity (Wildman–Crippen MR) is 110 cm³/mol. The molecule has 0 spiro atoms. The summed E-state index contributed by atoms with van der Waals surface area (Å²) in [6, 6.07) is 13.9. The van der Waals surface area contributed by atoms with Crippen molar-refractivity contribution in [1.82, 2.24) is 9.38 Å². The van der Waals surface area contributed by atoms with Gasteiger partial charge in [-0.25, -0.2) is 4.98 Å². The number of imidazole rings is 1. The zero-order valence-corrected chi connectivity index (χ0v) is 15.0. The van der Waals surface area contributed by atoms with Crippen LogP contribution in [0.15, 0.2) is 61.4 Å². The molecule has 126 valence electrons. The Bertz CT molecular complexity index is 1330. The summed E-state index contributed by atoms with van der Waals surface area (Å²) in [6.45, 7) is 6.17. The van der Waals surface area contributed by atoms with Crippen molar-refractivity contribution in [3.63, 3.8) is 0 Å². The predicted octanol–water partition coefficient (Wildman–Crippen LogP) is 6.03. The topological polar surface area (TPSA) is 37.5 Å². The minimum absolute atomic E-state index is 0.252. The third-order valence-electron chi connectivity index (χ3n) is 4.93. The lowest BCUT2D eigenvalue weighted by molar-refractivity contribution is 0.476. The summed E-state index contributed by atoms with van der Waals surface area (Å²) in [7, 11) is 0. The van der Waals surface area contributed by atoms with Gasteiger partial charge in [-0.2, -0.15) is 0 Å². The Morgan fingerprint density at radius 1 is 1.12 bits per heavy atom. The average molecular weight is 356 g/mol. The van der Waals surface area contributed by atoms with Crippen LogP contribution in [0.1, 0.15) is 10.4 Å². The molecule has 1 N–H and O–H groups in total.